The molecular formula is C37H64O9. The molecule has 1 unspecified atom stereocenters. The molecule has 0 aliphatic heterocycles. The third-order valence-electron chi connectivity index (χ3n) is 8.12. The van der Waals surface area contributed by atoms with Crippen LogP contribution in [-0.4, -0.2) is 60.5 Å². The molecule has 0 bridgehead atoms. The first kappa shape index (κ1) is 47.2. The molecule has 46 heavy (non-hydrogen) atoms. The average Bonchev–Trinajstić information content (AvgIpc) is 3.02. The number of ether oxygens (including phenoxy) is 3. The van der Waals surface area contributed by atoms with E-state index in [-0.39, 0.29) is 36.1 Å². The summed E-state index contributed by atoms with van der Waals surface area (Å²) < 4.78 is 14.2. The van der Waals surface area contributed by atoms with Gasteiger partial charge in [0, 0.05) is 5.57 Å². The van der Waals surface area contributed by atoms with Gasteiger partial charge in [0.15, 0.2) is 0 Å². The zero-order valence-corrected chi connectivity index (χ0v) is 31.2. The fraction of sp³-hybridized carbons (Fsp3) is 0.676. The van der Waals surface area contributed by atoms with E-state index >= 15 is 0 Å². The monoisotopic (exact) mass is 652 g/mol. The lowest BCUT2D eigenvalue weighted by molar-refractivity contribution is -0.159. The zero-order valence-electron chi connectivity index (χ0n) is 31.2. The van der Waals surface area contributed by atoms with Crippen LogP contribution in [0.15, 0.2) is 42.5 Å². The van der Waals surface area contributed by atoms with Crippen LogP contribution < -0.4 is 0 Å². The minimum atomic E-state index is -1.02. The van der Waals surface area contributed by atoms with Crippen LogP contribution in [0.25, 0.3) is 0 Å². The quantitative estimate of drug-likeness (QED) is 0.124. The molecule has 266 valence electrons. The molecule has 0 aliphatic rings. The van der Waals surface area contributed by atoms with Gasteiger partial charge in [-0.3, -0.25) is 14.4 Å². The number of aliphatic carboxylic acids is 1. The van der Waals surface area contributed by atoms with Gasteiger partial charge >= 0.3 is 23.9 Å². The molecule has 0 amide bonds. The highest BCUT2D eigenvalue weighted by Gasteiger charge is 2.28. The maximum Gasteiger partial charge on any atom is 0.333 e. The van der Waals surface area contributed by atoms with Gasteiger partial charge in [-0.1, -0.05) is 78.5 Å². The summed E-state index contributed by atoms with van der Waals surface area (Å²) in [4.78, 5) is 43.7. The minimum absolute atomic E-state index is 0.134. The van der Waals surface area contributed by atoms with E-state index in [2.05, 4.69) is 62.4 Å². The van der Waals surface area contributed by atoms with Crippen LogP contribution in [0.4, 0.5) is 0 Å². The number of carbonyl (C=O) groups excluding carboxylic acids is 3. The topological polar surface area (TPSA) is 136 Å². The summed E-state index contributed by atoms with van der Waals surface area (Å²) in [6.45, 7) is 27.7. The van der Waals surface area contributed by atoms with Crippen LogP contribution in [0.2, 0.25) is 0 Å². The van der Waals surface area contributed by atoms with Gasteiger partial charge in [-0.2, -0.15) is 0 Å². The van der Waals surface area contributed by atoms with Gasteiger partial charge in [0.2, 0.25) is 0 Å². The number of hydrogen-bond donors (Lipinski definition) is 2. The van der Waals surface area contributed by atoms with Crippen molar-refractivity contribution >= 4 is 23.9 Å². The Kier molecular flexibility index (Phi) is 22.9. The predicted molar refractivity (Wildman–Crippen MR) is 184 cm³/mol. The Bertz CT molecular complexity index is 1050. The number of rotatable bonds is 13. The van der Waals surface area contributed by atoms with Crippen molar-refractivity contribution in [3.63, 3.8) is 0 Å². The van der Waals surface area contributed by atoms with Crippen molar-refractivity contribution in [2.45, 2.75) is 127 Å². The molecule has 2 N–H and O–H groups in total. The summed E-state index contributed by atoms with van der Waals surface area (Å²) in [7, 11) is 1.42. The Hall–Kier alpha value is -3.20. The Labute approximate surface area is 279 Å². The largest absolute Gasteiger partial charge is 0.481 e. The molecule has 1 aromatic carbocycles. The predicted octanol–water partition coefficient (Wildman–Crippen LogP) is 7.92. The molecule has 9 heteroatoms. The second-order valence-electron chi connectivity index (χ2n) is 13.7. The maximum absolute atomic E-state index is 11.6. The second-order valence-corrected chi connectivity index (χ2v) is 13.7. The zero-order chi connectivity index (χ0) is 36.9. The van der Waals surface area contributed by atoms with Gasteiger partial charge in [0.1, 0.15) is 19.3 Å². The average molecular weight is 653 g/mol. The van der Waals surface area contributed by atoms with Crippen molar-refractivity contribution in [2.75, 3.05) is 20.3 Å². The van der Waals surface area contributed by atoms with Crippen LogP contribution in [0.3, 0.4) is 0 Å². The number of carboxylic acids is 1. The molecule has 0 heterocycles. The number of aliphatic hydroxyl groups is 1. The summed E-state index contributed by atoms with van der Waals surface area (Å²) in [5.41, 5.74) is 0.596. The number of hydrogen-bond acceptors (Lipinski definition) is 8. The fourth-order valence-electron chi connectivity index (χ4n) is 2.52. The number of aliphatic hydroxyl groups excluding tert-OH is 1. The summed E-state index contributed by atoms with van der Waals surface area (Å²) in [6.07, 6.45) is 2.32. The Balaban J connectivity index is -0.000000568. The maximum atomic E-state index is 11.6. The highest BCUT2D eigenvalue weighted by atomic mass is 16.6. The van der Waals surface area contributed by atoms with E-state index < -0.39 is 28.9 Å². The van der Waals surface area contributed by atoms with Crippen molar-refractivity contribution in [2.24, 2.45) is 16.2 Å². The Morgan fingerprint density at radius 3 is 1.43 bits per heavy atom. The van der Waals surface area contributed by atoms with Gasteiger partial charge in [-0.15, -0.1) is 0 Å². The van der Waals surface area contributed by atoms with Gasteiger partial charge < -0.3 is 24.4 Å². The highest BCUT2D eigenvalue weighted by molar-refractivity contribution is 5.86. The molecule has 0 radical (unpaired) electrons. The molecular weight excluding hydrogens is 588 g/mol. The molecule has 0 aliphatic carbocycles. The van der Waals surface area contributed by atoms with E-state index in [4.69, 9.17) is 14.6 Å². The Morgan fingerprint density at radius 2 is 1.13 bits per heavy atom. The first-order valence-corrected chi connectivity index (χ1v) is 16.0. The van der Waals surface area contributed by atoms with Gasteiger partial charge in [0.25, 0.3) is 0 Å². The number of methoxy groups -OCH3 is 1. The summed E-state index contributed by atoms with van der Waals surface area (Å²) >= 11 is 0. The van der Waals surface area contributed by atoms with E-state index in [1.165, 1.54) is 26.0 Å². The fourth-order valence-corrected chi connectivity index (χ4v) is 2.52. The highest BCUT2D eigenvalue weighted by Crippen LogP contribution is 2.26. The van der Waals surface area contributed by atoms with Gasteiger partial charge in [-0.25, -0.2) is 4.79 Å². The summed E-state index contributed by atoms with van der Waals surface area (Å²) in [5, 5.41) is 17.9. The molecule has 0 spiro atoms. The molecule has 1 aromatic rings. The number of carbonyl (C=O) groups is 4. The molecule has 1 rings (SSSR count). The number of esters is 3. The lowest BCUT2D eigenvalue weighted by Crippen LogP contribution is -2.31. The molecule has 0 saturated heterocycles. The number of carboxylic acid groups (broad SMARTS) is 1. The summed E-state index contributed by atoms with van der Waals surface area (Å²) in [6, 6.07) is 10.7. The lowest BCUT2D eigenvalue weighted by atomic mass is 9.82. The van der Waals surface area contributed by atoms with Crippen molar-refractivity contribution < 1.29 is 43.6 Å². The number of benzene rings is 1. The van der Waals surface area contributed by atoms with Crippen molar-refractivity contribution in [3.05, 3.63) is 48.0 Å². The van der Waals surface area contributed by atoms with E-state index in [0.717, 1.165) is 6.42 Å². The third-order valence-corrected chi connectivity index (χ3v) is 8.12. The van der Waals surface area contributed by atoms with Crippen molar-refractivity contribution in [1.82, 2.24) is 0 Å². The van der Waals surface area contributed by atoms with Crippen LogP contribution in [0.5, 0.6) is 0 Å². The third kappa shape index (κ3) is 20.0. The minimum Gasteiger partial charge on any atom is -0.481 e. The van der Waals surface area contributed by atoms with E-state index in [1.54, 1.807) is 27.7 Å². The standard InChI is InChI=1S/C13H22O5.C11H16.C7H14O2.C6H12O2/c1-6-13(4,5)12(16)18-8-10(14)7-17-11(15)9(2)3;1-4-11(2,3)10-8-6-5-7-9-10;1-5-7(2,3)6(8)9-4;1-4-6(2,3)5(7)8/h10,14H,2,6-8H2,1,3-5H3;5-9H,4H2,1-3H3;5H2,1-4H3;4H2,1-3H3,(H,7,8). The molecule has 1 atom stereocenters. The van der Waals surface area contributed by atoms with Crippen LogP contribution in [-0.2, 0) is 38.8 Å². The Morgan fingerprint density at radius 1 is 0.717 bits per heavy atom. The first-order chi connectivity index (χ1) is 20.9. The second kappa shape index (κ2) is 22.3. The molecule has 9 nitrogen and oxygen atoms in total. The van der Waals surface area contributed by atoms with Crippen molar-refractivity contribution in [3.8, 4) is 0 Å². The van der Waals surface area contributed by atoms with E-state index in [0.29, 0.717) is 18.3 Å². The van der Waals surface area contributed by atoms with Gasteiger partial charge in [-0.05, 0) is 85.1 Å². The van der Waals surface area contributed by atoms with E-state index in [1.807, 2.05) is 34.6 Å². The van der Waals surface area contributed by atoms with Crippen LogP contribution in [0, 0.1) is 16.2 Å². The molecule has 0 aromatic heterocycles. The van der Waals surface area contributed by atoms with Crippen LogP contribution in [0.1, 0.15) is 121 Å². The SMILES string of the molecule is C=C(C)C(=O)OCC(O)COC(=O)C(C)(C)CC.CCC(C)(C)C(=O)O.CCC(C)(C)C(=O)OC.CCC(C)(C)c1ccccc1. The molecule has 0 fully saturated rings. The lowest BCUT2D eigenvalue weighted by Gasteiger charge is -2.22. The first-order valence-electron chi connectivity index (χ1n) is 16.0. The normalized spacial score (nSPS) is 11.9. The summed E-state index contributed by atoms with van der Waals surface area (Å²) in [5.74, 6) is -1.81. The van der Waals surface area contributed by atoms with Gasteiger partial charge in [0.05, 0.1) is 23.4 Å². The smallest absolute Gasteiger partial charge is 0.333 e. The van der Waals surface area contributed by atoms with Crippen molar-refractivity contribution in [1.29, 1.82) is 0 Å². The van der Waals surface area contributed by atoms with E-state index in [9.17, 15) is 24.3 Å². The van der Waals surface area contributed by atoms with Crippen LogP contribution >= 0.6 is 0 Å². The molecule has 0 saturated carbocycles.